The van der Waals surface area contributed by atoms with Gasteiger partial charge < -0.3 is 15.4 Å². The van der Waals surface area contributed by atoms with Gasteiger partial charge in [-0.05, 0) is 19.4 Å². The molecular weight excluding hydrogens is 286 g/mol. The number of nitrogens with two attached hydrogens (primary N) is 1. The lowest BCUT2D eigenvalue weighted by Gasteiger charge is -2.32. The van der Waals surface area contributed by atoms with Crippen LogP contribution in [0, 0.1) is 6.92 Å². The fourth-order valence-corrected chi connectivity index (χ4v) is 3.09. The molecule has 0 spiro atoms. The Morgan fingerprint density at radius 2 is 2.10 bits per heavy atom. The van der Waals surface area contributed by atoms with Gasteiger partial charge in [0.25, 0.3) is 0 Å². The van der Waals surface area contributed by atoms with Gasteiger partial charge in [-0.15, -0.1) is 0 Å². The van der Waals surface area contributed by atoms with Crippen LogP contribution in [-0.4, -0.2) is 65.3 Å². The topological polar surface area (TPSA) is 67.5 Å². The van der Waals surface area contributed by atoms with Gasteiger partial charge >= 0.3 is 0 Å². The highest BCUT2D eigenvalue weighted by molar-refractivity contribution is 7.80. The minimum atomic E-state index is 0.325. The number of thiocarbonyl (C=S) groups is 1. The average Bonchev–Trinajstić information content (AvgIpc) is 2.97. The summed E-state index contributed by atoms with van der Waals surface area (Å²) >= 11 is 5.03. The first-order valence-corrected chi connectivity index (χ1v) is 7.76. The molecule has 114 valence electrons. The second-order valence-electron chi connectivity index (χ2n) is 5.60. The van der Waals surface area contributed by atoms with E-state index in [4.69, 9.17) is 22.7 Å². The normalized spacial score (nSPS) is 23.5. The standard InChI is InChI=1S/C14H21N5OS/c1-10-8-12(13(15)21)17-14(16-10)19-3-2-11(9-19)18-4-6-20-7-5-18/h8,11H,2-7,9H2,1H3,(H2,15,21). The van der Waals surface area contributed by atoms with Crippen molar-refractivity contribution in [1.82, 2.24) is 14.9 Å². The summed E-state index contributed by atoms with van der Waals surface area (Å²) in [6, 6.07) is 2.40. The fraction of sp³-hybridized carbons (Fsp3) is 0.643. The first-order valence-electron chi connectivity index (χ1n) is 7.36. The zero-order valence-corrected chi connectivity index (χ0v) is 13.1. The summed E-state index contributed by atoms with van der Waals surface area (Å²) in [6.07, 6.45) is 1.14. The zero-order chi connectivity index (χ0) is 14.8. The van der Waals surface area contributed by atoms with Crippen LogP contribution in [-0.2, 0) is 4.74 Å². The predicted octanol–water partition coefficient (Wildman–Crippen LogP) is 0.330. The molecule has 21 heavy (non-hydrogen) atoms. The Morgan fingerprint density at radius 1 is 1.33 bits per heavy atom. The molecule has 0 saturated carbocycles. The van der Waals surface area contributed by atoms with Crippen molar-refractivity contribution in [1.29, 1.82) is 0 Å². The van der Waals surface area contributed by atoms with E-state index >= 15 is 0 Å². The van der Waals surface area contributed by atoms with Crippen LogP contribution < -0.4 is 10.6 Å². The van der Waals surface area contributed by atoms with E-state index in [1.165, 1.54) is 0 Å². The number of rotatable bonds is 3. The van der Waals surface area contributed by atoms with Crippen LogP contribution in [0.15, 0.2) is 6.07 Å². The van der Waals surface area contributed by atoms with E-state index in [1.54, 1.807) is 0 Å². The number of aryl methyl sites for hydroxylation is 1. The number of anilines is 1. The van der Waals surface area contributed by atoms with Crippen molar-refractivity contribution >= 4 is 23.2 Å². The van der Waals surface area contributed by atoms with Crippen molar-refractivity contribution in [3.8, 4) is 0 Å². The monoisotopic (exact) mass is 307 g/mol. The largest absolute Gasteiger partial charge is 0.388 e. The highest BCUT2D eigenvalue weighted by Gasteiger charge is 2.30. The van der Waals surface area contributed by atoms with Gasteiger partial charge in [-0.2, -0.15) is 0 Å². The predicted molar refractivity (Wildman–Crippen MR) is 85.7 cm³/mol. The highest BCUT2D eigenvalue weighted by Crippen LogP contribution is 2.21. The maximum atomic E-state index is 5.69. The summed E-state index contributed by atoms with van der Waals surface area (Å²) in [5, 5.41) is 0. The van der Waals surface area contributed by atoms with E-state index in [0.29, 0.717) is 16.7 Å². The van der Waals surface area contributed by atoms with E-state index in [-0.39, 0.29) is 0 Å². The second kappa shape index (κ2) is 6.21. The van der Waals surface area contributed by atoms with Crippen molar-refractivity contribution < 1.29 is 4.74 Å². The molecule has 0 radical (unpaired) electrons. The third-order valence-corrected chi connectivity index (χ3v) is 4.31. The summed E-state index contributed by atoms with van der Waals surface area (Å²) < 4.78 is 5.42. The summed E-state index contributed by atoms with van der Waals surface area (Å²) in [5.74, 6) is 0.744. The van der Waals surface area contributed by atoms with Crippen LogP contribution in [0.2, 0.25) is 0 Å². The minimum absolute atomic E-state index is 0.325. The average molecular weight is 307 g/mol. The van der Waals surface area contributed by atoms with E-state index in [1.807, 2.05) is 13.0 Å². The van der Waals surface area contributed by atoms with Gasteiger partial charge in [0.2, 0.25) is 5.95 Å². The first-order chi connectivity index (χ1) is 10.1. The number of nitrogens with zero attached hydrogens (tertiary/aromatic N) is 4. The Balaban J connectivity index is 1.72. The highest BCUT2D eigenvalue weighted by atomic mass is 32.1. The molecule has 0 aromatic carbocycles. The van der Waals surface area contributed by atoms with Gasteiger partial charge in [0.1, 0.15) is 10.7 Å². The van der Waals surface area contributed by atoms with Gasteiger partial charge in [-0.3, -0.25) is 4.90 Å². The Kier molecular flexibility index (Phi) is 4.32. The third kappa shape index (κ3) is 3.30. The number of hydrogen-bond donors (Lipinski definition) is 1. The first kappa shape index (κ1) is 14.6. The Bertz CT molecular complexity index is 532. The summed E-state index contributed by atoms with van der Waals surface area (Å²) in [6.45, 7) is 7.59. The van der Waals surface area contributed by atoms with Crippen molar-refractivity contribution in [2.24, 2.45) is 5.73 Å². The molecule has 2 saturated heterocycles. The maximum Gasteiger partial charge on any atom is 0.226 e. The van der Waals surface area contributed by atoms with Gasteiger partial charge in [0.15, 0.2) is 0 Å². The lowest BCUT2D eigenvalue weighted by atomic mass is 10.2. The molecule has 2 fully saturated rings. The molecule has 1 unspecified atom stereocenters. The van der Waals surface area contributed by atoms with E-state index in [0.717, 1.165) is 57.5 Å². The molecule has 0 aliphatic carbocycles. The zero-order valence-electron chi connectivity index (χ0n) is 12.3. The molecular formula is C14H21N5OS. The molecule has 6 nitrogen and oxygen atoms in total. The van der Waals surface area contributed by atoms with E-state index in [2.05, 4.69) is 19.8 Å². The third-order valence-electron chi connectivity index (χ3n) is 4.10. The van der Waals surface area contributed by atoms with Crippen LogP contribution in [0.25, 0.3) is 0 Å². The number of morpholine rings is 1. The lowest BCUT2D eigenvalue weighted by Crippen LogP contribution is -2.44. The van der Waals surface area contributed by atoms with Crippen molar-refractivity contribution in [3.05, 3.63) is 17.5 Å². The molecule has 2 aliphatic rings. The maximum absolute atomic E-state index is 5.69. The minimum Gasteiger partial charge on any atom is -0.388 e. The molecule has 7 heteroatoms. The SMILES string of the molecule is Cc1cc(C(N)=S)nc(N2CCC(N3CCOCC3)C2)n1. The van der Waals surface area contributed by atoms with Crippen molar-refractivity contribution in [3.63, 3.8) is 0 Å². The number of ether oxygens (including phenoxy) is 1. The van der Waals surface area contributed by atoms with Crippen molar-refractivity contribution in [2.75, 3.05) is 44.3 Å². The summed E-state index contributed by atoms with van der Waals surface area (Å²) in [7, 11) is 0. The molecule has 1 aromatic rings. The molecule has 1 atom stereocenters. The van der Waals surface area contributed by atoms with Gasteiger partial charge in [0.05, 0.1) is 13.2 Å². The second-order valence-corrected chi connectivity index (χ2v) is 6.04. The molecule has 1 aromatic heterocycles. The Labute approximate surface area is 130 Å². The molecule has 2 N–H and O–H groups in total. The van der Waals surface area contributed by atoms with Crippen LogP contribution in [0.3, 0.4) is 0 Å². The Morgan fingerprint density at radius 3 is 2.81 bits per heavy atom. The fourth-order valence-electron chi connectivity index (χ4n) is 2.98. The number of hydrogen-bond acceptors (Lipinski definition) is 6. The summed E-state index contributed by atoms with van der Waals surface area (Å²) in [4.78, 5) is 14.1. The smallest absolute Gasteiger partial charge is 0.226 e. The quantitative estimate of drug-likeness (QED) is 0.807. The van der Waals surface area contributed by atoms with Crippen LogP contribution in [0.4, 0.5) is 5.95 Å². The van der Waals surface area contributed by atoms with Gasteiger partial charge in [-0.25, -0.2) is 9.97 Å². The van der Waals surface area contributed by atoms with Gasteiger partial charge in [0, 0.05) is 37.9 Å². The molecule has 0 amide bonds. The van der Waals surface area contributed by atoms with Crippen LogP contribution in [0.5, 0.6) is 0 Å². The Hall–Kier alpha value is -1.31. The number of aromatic nitrogens is 2. The van der Waals surface area contributed by atoms with Gasteiger partial charge in [-0.1, -0.05) is 12.2 Å². The van der Waals surface area contributed by atoms with Crippen LogP contribution >= 0.6 is 12.2 Å². The lowest BCUT2D eigenvalue weighted by molar-refractivity contribution is 0.0209. The summed E-state index contributed by atoms with van der Waals surface area (Å²) in [5.41, 5.74) is 7.25. The van der Waals surface area contributed by atoms with E-state index in [9.17, 15) is 0 Å². The molecule has 0 bridgehead atoms. The van der Waals surface area contributed by atoms with Crippen molar-refractivity contribution in [2.45, 2.75) is 19.4 Å². The van der Waals surface area contributed by atoms with E-state index < -0.39 is 0 Å². The molecule has 3 rings (SSSR count). The molecule has 2 aliphatic heterocycles. The molecule has 3 heterocycles. The van der Waals surface area contributed by atoms with Crippen LogP contribution in [0.1, 0.15) is 17.8 Å².